The van der Waals surface area contributed by atoms with E-state index in [-0.39, 0.29) is 17.5 Å². The van der Waals surface area contributed by atoms with E-state index in [9.17, 15) is 0 Å². The normalized spacial score (nSPS) is 12.3. The van der Waals surface area contributed by atoms with Crippen LogP contribution in [-0.2, 0) is 7.59 Å². The summed E-state index contributed by atoms with van der Waals surface area (Å²) in [4.78, 5) is 12.5. The molecule has 0 saturated carbocycles. The van der Waals surface area contributed by atoms with Crippen molar-refractivity contribution in [3.63, 3.8) is 0 Å². The molecule has 0 atom stereocenters. The van der Waals surface area contributed by atoms with Crippen molar-refractivity contribution in [1.82, 2.24) is 15.0 Å². The zero-order chi connectivity index (χ0) is 20.7. The van der Waals surface area contributed by atoms with Gasteiger partial charge in [0.05, 0.1) is 14.2 Å². The fourth-order valence-corrected chi connectivity index (χ4v) is 3.06. The Morgan fingerprint density at radius 3 is 1.82 bits per heavy atom. The van der Waals surface area contributed by atoms with E-state index in [0.29, 0.717) is 17.1 Å². The van der Waals surface area contributed by atoms with Crippen LogP contribution >= 0.6 is 69.6 Å². The standard InChI is InChI=1S/C17H11Cl6N3O2/c1-27-8-3-4-9-11(7-8)10(5-6-12(9)28-2)13-24-14(16(18,19)20)26-15(25-13)17(21,22)23/h3-7H,1-2H3. The predicted octanol–water partition coefficient (Wildman–Crippen LogP) is 6.36. The van der Waals surface area contributed by atoms with Gasteiger partial charge in [0, 0.05) is 16.3 Å². The Balaban J connectivity index is 2.35. The second-order valence-corrected chi connectivity index (χ2v) is 10.1. The number of alkyl halides is 6. The van der Waals surface area contributed by atoms with Crippen LogP contribution in [0.25, 0.3) is 22.2 Å². The Morgan fingerprint density at radius 1 is 0.714 bits per heavy atom. The van der Waals surface area contributed by atoms with Crippen molar-refractivity contribution in [1.29, 1.82) is 0 Å². The van der Waals surface area contributed by atoms with Crippen LogP contribution in [0.3, 0.4) is 0 Å². The van der Waals surface area contributed by atoms with E-state index in [1.54, 1.807) is 32.4 Å². The van der Waals surface area contributed by atoms with Gasteiger partial charge in [-0.2, -0.15) is 0 Å². The maximum Gasteiger partial charge on any atom is 0.250 e. The van der Waals surface area contributed by atoms with Crippen molar-refractivity contribution in [2.45, 2.75) is 7.59 Å². The van der Waals surface area contributed by atoms with Crippen LogP contribution in [0.2, 0.25) is 0 Å². The summed E-state index contributed by atoms with van der Waals surface area (Å²) in [5.41, 5.74) is 0.586. The van der Waals surface area contributed by atoms with Gasteiger partial charge < -0.3 is 9.47 Å². The molecule has 28 heavy (non-hydrogen) atoms. The van der Waals surface area contributed by atoms with E-state index in [0.717, 1.165) is 10.8 Å². The van der Waals surface area contributed by atoms with E-state index in [1.807, 2.05) is 12.1 Å². The SMILES string of the molecule is COc1ccc2c(OC)ccc(-c3nc(C(Cl)(Cl)Cl)nc(C(Cl)(Cl)Cl)n3)c2c1. The number of methoxy groups -OCH3 is 2. The lowest BCUT2D eigenvalue weighted by Gasteiger charge is -2.17. The first-order valence-corrected chi connectivity index (χ1v) is 9.87. The average Bonchev–Trinajstić information content (AvgIpc) is 2.64. The molecule has 0 spiro atoms. The molecule has 1 aromatic heterocycles. The van der Waals surface area contributed by atoms with Crippen LogP contribution < -0.4 is 9.47 Å². The van der Waals surface area contributed by atoms with Crippen molar-refractivity contribution in [2.24, 2.45) is 0 Å². The summed E-state index contributed by atoms with van der Waals surface area (Å²) in [7, 11) is 3.13. The van der Waals surface area contributed by atoms with E-state index in [2.05, 4.69) is 15.0 Å². The number of halogens is 6. The molecule has 148 valence electrons. The van der Waals surface area contributed by atoms with Gasteiger partial charge in [0.25, 0.3) is 0 Å². The van der Waals surface area contributed by atoms with Gasteiger partial charge in [-0.1, -0.05) is 69.6 Å². The second kappa shape index (κ2) is 8.05. The lowest BCUT2D eigenvalue weighted by molar-refractivity contribution is 0.414. The van der Waals surface area contributed by atoms with Crippen molar-refractivity contribution < 1.29 is 9.47 Å². The number of fused-ring (bicyclic) bond motifs is 1. The summed E-state index contributed by atoms with van der Waals surface area (Å²) in [6, 6.07) is 8.98. The molecule has 0 saturated heterocycles. The molecular formula is C17H11Cl6N3O2. The fraction of sp³-hybridized carbons (Fsp3) is 0.235. The molecule has 11 heteroatoms. The summed E-state index contributed by atoms with van der Waals surface area (Å²) in [6.45, 7) is 0. The molecule has 0 fully saturated rings. The quantitative estimate of drug-likeness (QED) is 0.391. The minimum atomic E-state index is -1.94. The minimum Gasteiger partial charge on any atom is -0.497 e. The van der Waals surface area contributed by atoms with Gasteiger partial charge >= 0.3 is 0 Å². The molecule has 0 aliphatic rings. The fourth-order valence-electron chi connectivity index (χ4n) is 2.55. The monoisotopic (exact) mass is 499 g/mol. The zero-order valence-corrected chi connectivity index (χ0v) is 18.8. The maximum atomic E-state index is 5.96. The van der Waals surface area contributed by atoms with Crippen LogP contribution in [0.4, 0.5) is 0 Å². The second-order valence-electron chi connectivity index (χ2n) is 5.53. The molecule has 0 radical (unpaired) electrons. The Labute approximate surface area is 190 Å². The highest BCUT2D eigenvalue weighted by atomic mass is 35.6. The van der Waals surface area contributed by atoms with E-state index in [1.165, 1.54) is 0 Å². The van der Waals surface area contributed by atoms with Crippen molar-refractivity contribution in [3.8, 4) is 22.9 Å². The summed E-state index contributed by atoms with van der Waals surface area (Å²) in [5, 5.41) is 1.53. The van der Waals surface area contributed by atoms with Gasteiger partial charge in [-0.3, -0.25) is 0 Å². The third kappa shape index (κ3) is 4.45. The van der Waals surface area contributed by atoms with Crippen LogP contribution in [-0.4, -0.2) is 29.2 Å². The molecule has 0 aliphatic carbocycles. The Kier molecular flexibility index (Phi) is 6.26. The van der Waals surface area contributed by atoms with Crippen molar-refractivity contribution >= 4 is 80.4 Å². The molecule has 0 amide bonds. The number of hydrogen-bond acceptors (Lipinski definition) is 5. The molecule has 0 aliphatic heterocycles. The smallest absolute Gasteiger partial charge is 0.250 e. The molecule has 3 rings (SSSR count). The molecule has 3 aromatic rings. The number of nitrogens with zero attached hydrogens (tertiary/aromatic N) is 3. The third-order valence-corrected chi connectivity index (χ3v) is 4.80. The minimum absolute atomic E-state index is 0.165. The largest absolute Gasteiger partial charge is 0.497 e. The average molecular weight is 502 g/mol. The molecular weight excluding hydrogens is 491 g/mol. The number of ether oxygens (including phenoxy) is 2. The van der Waals surface area contributed by atoms with Crippen molar-refractivity contribution in [3.05, 3.63) is 42.0 Å². The number of hydrogen-bond donors (Lipinski definition) is 0. The molecule has 1 heterocycles. The van der Waals surface area contributed by atoms with E-state index < -0.39 is 7.59 Å². The predicted molar refractivity (Wildman–Crippen MR) is 114 cm³/mol. The summed E-state index contributed by atoms with van der Waals surface area (Å²) in [5.74, 6) is 1.10. The first kappa shape index (κ1) is 21.8. The van der Waals surface area contributed by atoms with E-state index >= 15 is 0 Å². The van der Waals surface area contributed by atoms with Gasteiger partial charge in [-0.15, -0.1) is 0 Å². The molecule has 5 nitrogen and oxygen atoms in total. The summed E-state index contributed by atoms with van der Waals surface area (Å²) >= 11 is 35.8. The van der Waals surface area contributed by atoms with Crippen LogP contribution in [0.5, 0.6) is 11.5 Å². The topological polar surface area (TPSA) is 57.1 Å². The zero-order valence-electron chi connectivity index (χ0n) is 14.3. The summed E-state index contributed by atoms with van der Waals surface area (Å²) in [6.07, 6.45) is 0. The first-order valence-electron chi connectivity index (χ1n) is 7.60. The van der Waals surface area contributed by atoms with Gasteiger partial charge in [0.2, 0.25) is 7.59 Å². The molecule has 0 N–H and O–H groups in total. The lowest BCUT2D eigenvalue weighted by Crippen LogP contribution is -2.16. The molecule has 0 unspecified atom stereocenters. The van der Waals surface area contributed by atoms with Gasteiger partial charge in [0.1, 0.15) is 11.5 Å². The number of benzene rings is 2. The number of aromatic nitrogens is 3. The van der Waals surface area contributed by atoms with Gasteiger partial charge in [0.15, 0.2) is 17.5 Å². The summed E-state index contributed by atoms with van der Waals surface area (Å²) < 4.78 is 6.86. The number of rotatable bonds is 3. The van der Waals surface area contributed by atoms with Crippen LogP contribution in [0.15, 0.2) is 30.3 Å². The Bertz CT molecular complexity index is 1000. The van der Waals surface area contributed by atoms with Crippen LogP contribution in [0.1, 0.15) is 11.6 Å². The third-order valence-electron chi connectivity index (χ3n) is 3.79. The highest BCUT2D eigenvalue weighted by molar-refractivity contribution is 6.67. The highest BCUT2D eigenvalue weighted by Gasteiger charge is 2.34. The van der Waals surface area contributed by atoms with Crippen molar-refractivity contribution in [2.75, 3.05) is 14.2 Å². The molecule has 2 aromatic carbocycles. The molecule has 0 bridgehead atoms. The Hall–Kier alpha value is -0.950. The maximum absolute atomic E-state index is 5.96. The van der Waals surface area contributed by atoms with Crippen LogP contribution in [0, 0.1) is 0 Å². The van der Waals surface area contributed by atoms with E-state index in [4.69, 9.17) is 79.1 Å². The highest BCUT2D eigenvalue weighted by Crippen LogP contribution is 2.42. The first-order chi connectivity index (χ1) is 13.0. The Morgan fingerprint density at radius 2 is 1.32 bits per heavy atom. The van der Waals surface area contributed by atoms with Gasteiger partial charge in [-0.25, -0.2) is 15.0 Å². The lowest BCUT2D eigenvalue weighted by atomic mass is 10.0. The van der Waals surface area contributed by atoms with Gasteiger partial charge in [-0.05, 0) is 30.3 Å².